The summed E-state index contributed by atoms with van der Waals surface area (Å²) in [5, 5.41) is 6.20. The van der Waals surface area contributed by atoms with Crippen molar-refractivity contribution >= 4 is 5.91 Å². The molecule has 0 radical (unpaired) electrons. The van der Waals surface area contributed by atoms with Crippen molar-refractivity contribution in [2.24, 2.45) is 0 Å². The van der Waals surface area contributed by atoms with Gasteiger partial charge in [-0.2, -0.15) is 0 Å². The second-order valence-corrected chi connectivity index (χ2v) is 3.50. The molecule has 2 N–H and O–H groups in total. The highest BCUT2D eigenvalue weighted by atomic mass is 16.1. The molecule has 11 heavy (non-hydrogen) atoms. The Kier molecular flexibility index (Phi) is 2.49. The van der Waals surface area contributed by atoms with Crippen LogP contribution in [0.25, 0.3) is 0 Å². The predicted octanol–water partition coefficient (Wildman–Crippen LogP) is 0.265. The fourth-order valence-electron chi connectivity index (χ4n) is 1.43. The van der Waals surface area contributed by atoms with Crippen molar-refractivity contribution in [2.45, 2.75) is 32.2 Å². The summed E-state index contributed by atoms with van der Waals surface area (Å²) < 4.78 is 0. The monoisotopic (exact) mass is 156 g/mol. The van der Waals surface area contributed by atoms with Gasteiger partial charge in [0.25, 0.3) is 0 Å². The summed E-state index contributed by atoms with van der Waals surface area (Å²) >= 11 is 0. The maximum atomic E-state index is 10.6. The van der Waals surface area contributed by atoms with Crippen molar-refractivity contribution < 1.29 is 4.79 Å². The molecule has 1 saturated heterocycles. The molecule has 3 heteroatoms. The second kappa shape index (κ2) is 3.22. The molecule has 1 aliphatic rings. The molecule has 0 aliphatic carbocycles. The SMILES string of the molecule is CC(=O)NCC1(C)CCCN1. The van der Waals surface area contributed by atoms with Gasteiger partial charge in [-0.25, -0.2) is 0 Å². The number of amides is 1. The minimum atomic E-state index is 0.0555. The van der Waals surface area contributed by atoms with Gasteiger partial charge in [0.2, 0.25) is 5.91 Å². The van der Waals surface area contributed by atoms with Crippen molar-refractivity contribution in [3.63, 3.8) is 0 Å². The Morgan fingerprint density at radius 3 is 2.91 bits per heavy atom. The molecule has 0 spiro atoms. The Balaban J connectivity index is 2.28. The highest BCUT2D eigenvalue weighted by molar-refractivity contribution is 5.72. The first-order chi connectivity index (χ1) is 5.12. The molecule has 0 aromatic rings. The van der Waals surface area contributed by atoms with E-state index in [4.69, 9.17) is 0 Å². The topological polar surface area (TPSA) is 41.1 Å². The van der Waals surface area contributed by atoms with E-state index in [2.05, 4.69) is 17.6 Å². The van der Waals surface area contributed by atoms with Crippen LogP contribution in [0.2, 0.25) is 0 Å². The number of hydrogen-bond acceptors (Lipinski definition) is 2. The van der Waals surface area contributed by atoms with E-state index in [1.807, 2.05) is 0 Å². The third-order valence-corrected chi connectivity index (χ3v) is 2.18. The first-order valence-corrected chi connectivity index (χ1v) is 4.12. The van der Waals surface area contributed by atoms with E-state index >= 15 is 0 Å². The van der Waals surface area contributed by atoms with Gasteiger partial charge < -0.3 is 10.6 Å². The summed E-state index contributed by atoms with van der Waals surface area (Å²) in [4.78, 5) is 10.6. The van der Waals surface area contributed by atoms with Crippen LogP contribution in [0.4, 0.5) is 0 Å². The van der Waals surface area contributed by atoms with Crippen LogP contribution in [0, 0.1) is 0 Å². The molecule has 1 unspecified atom stereocenters. The zero-order valence-electron chi connectivity index (χ0n) is 7.24. The molecular formula is C8H16N2O. The molecule has 1 aliphatic heterocycles. The fraction of sp³-hybridized carbons (Fsp3) is 0.875. The fourth-order valence-corrected chi connectivity index (χ4v) is 1.43. The summed E-state index contributed by atoms with van der Waals surface area (Å²) in [6, 6.07) is 0. The quantitative estimate of drug-likeness (QED) is 0.602. The summed E-state index contributed by atoms with van der Waals surface area (Å²) in [6.07, 6.45) is 2.38. The second-order valence-electron chi connectivity index (χ2n) is 3.50. The molecule has 0 bridgehead atoms. The number of nitrogens with one attached hydrogen (secondary N) is 2. The van der Waals surface area contributed by atoms with Gasteiger partial charge in [-0.15, -0.1) is 0 Å². The normalized spacial score (nSPS) is 30.4. The van der Waals surface area contributed by atoms with Gasteiger partial charge in [0.05, 0.1) is 0 Å². The molecule has 1 fully saturated rings. The lowest BCUT2D eigenvalue weighted by Gasteiger charge is -2.23. The van der Waals surface area contributed by atoms with Crippen LogP contribution in [-0.2, 0) is 4.79 Å². The summed E-state index contributed by atoms with van der Waals surface area (Å²) in [7, 11) is 0. The Labute approximate surface area is 67.5 Å². The maximum absolute atomic E-state index is 10.6. The van der Waals surface area contributed by atoms with Crippen molar-refractivity contribution in [3.8, 4) is 0 Å². The van der Waals surface area contributed by atoms with Gasteiger partial charge in [0, 0.05) is 19.0 Å². The van der Waals surface area contributed by atoms with E-state index in [1.165, 1.54) is 6.42 Å². The minimum Gasteiger partial charge on any atom is -0.355 e. The molecule has 0 aromatic carbocycles. The molecule has 3 nitrogen and oxygen atoms in total. The van der Waals surface area contributed by atoms with Crippen LogP contribution in [-0.4, -0.2) is 24.5 Å². The number of rotatable bonds is 2. The molecule has 0 aromatic heterocycles. The van der Waals surface area contributed by atoms with Gasteiger partial charge in [-0.1, -0.05) is 0 Å². The van der Waals surface area contributed by atoms with E-state index in [-0.39, 0.29) is 11.4 Å². The lowest BCUT2D eigenvalue weighted by molar-refractivity contribution is -0.119. The molecule has 1 heterocycles. The Bertz CT molecular complexity index is 150. The largest absolute Gasteiger partial charge is 0.355 e. The zero-order chi connectivity index (χ0) is 8.32. The lowest BCUT2D eigenvalue weighted by atomic mass is 10.0. The van der Waals surface area contributed by atoms with Gasteiger partial charge in [-0.3, -0.25) is 4.79 Å². The van der Waals surface area contributed by atoms with Crippen LogP contribution in [0.1, 0.15) is 26.7 Å². The van der Waals surface area contributed by atoms with E-state index < -0.39 is 0 Å². The van der Waals surface area contributed by atoms with Crippen LogP contribution in [0.5, 0.6) is 0 Å². The van der Waals surface area contributed by atoms with E-state index in [0.717, 1.165) is 19.5 Å². The van der Waals surface area contributed by atoms with Crippen molar-refractivity contribution in [1.82, 2.24) is 10.6 Å². The molecule has 0 saturated carbocycles. The third-order valence-electron chi connectivity index (χ3n) is 2.18. The molecule has 1 rings (SSSR count). The lowest BCUT2D eigenvalue weighted by Crippen LogP contribution is -2.46. The predicted molar refractivity (Wildman–Crippen MR) is 44.3 cm³/mol. The Morgan fingerprint density at radius 1 is 1.73 bits per heavy atom. The highest BCUT2D eigenvalue weighted by Crippen LogP contribution is 2.16. The van der Waals surface area contributed by atoms with Gasteiger partial charge in [-0.05, 0) is 26.3 Å². The van der Waals surface area contributed by atoms with Crippen LogP contribution in [0.15, 0.2) is 0 Å². The van der Waals surface area contributed by atoms with E-state index in [1.54, 1.807) is 6.92 Å². The average Bonchev–Trinajstić information content (AvgIpc) is 2.33. The maximum Gasteiger partial charge on any atom is 0.216 e. The summed E-state index contributed by atoms with van der Waals surface area (Å²) in [5.74, 6) is 0.0555. The number of hydrogen-bond donors (Lipinski definition) is 2. The number of carbonyl (C=O) groups is 1. The van der Waals surface area contributed by atoms with Crippen molar-refractivity contribution in [3.05, 3.63) is 0 Å². The molecule has 1 atom stereocenters. The first kappa shape index (κ1) is 8.53. The molecule has 64 valence electrons. The van der Waals surface area contributed by atoms with Crippen LogP contribution < -0.4 is 10.6 Å². The molecule has 1 amide bonds. The Morgan fingerprint density at radius 2 is 2.45 bits per heavy atom. The van der Waals surface area contributed by atoms with E-state index in [0.29, 0.717) is 0 Å². The number of carbonyl (C=O) groups excluding carboxylic acids is 1. The summed E-state index contributed by atoms with van der Waals surface area (Å²) in [6.45, 7) is 5.53. The van der Waals surface area contributed by atoms with Gasteiger partial charge >= 0.3 is 0 Å². The third kappa shape index (κ3) is 2.50. The molecular weight excluding hydrogens is 140 g/mol. The van der Waals surface area contributed by atoms with Crippen molar-refractivity contribution in [2.75, 3.05) is 13.1 Å². The van der Waals surface area contributed by atoms with Crippen molar-refractivity contribution in [1.29, 1.82) is 0 Å². The standard InChI is InChI=1S/C8H16N2O/c1-7(11)9-6-8(2)4-3-5-10-8/h10H,3-6H2,1-2H3,(H,9,11). The van der Waals surface area contributed by atoms with Crippen LogP contribution >= 0.6 is 0 Å². The highest BCUT2D eigenvalue weighted by Gasteiger charge is 2.27. The van der Waals surface area contributed by atoms with Gasteiger partial charge in [0.1, 0.15) is 0 Å². The summed E-state index contributed by atoms with van der Waals surface area (Å²) in [5.41, 5.74) is 0.145. The Hall–Kier alpha value is -0.570. The van der Waals surface area contributed by atoms with E-state index in [9.17, 15) is 4.79 Å². The van der Waals surface area contributed by atoms with Gasteiger partial charge in [0.15, 0.2) is 0 Å². The first-order valence-electron chi connectivity index (χ1n) is 4.12. The smallest absolute Gasteiger partial charge is 0.216 e. The van der Waals surface area contributed by atoms with Crippen LogP contribution in [0.3, 0.4) is 0 Å². The minimum absolute atomic E-state index is 0.0555. The average molecular weight is 156 g/mol. The zero-order valence-corrected chi connectivity index (χ0v) is 7.24.